The fourth-order valence-corrected chi connectivity index (χ4v) is 3.34. The first-order chi connectivity index (χ1) is 12.6. The molecule has 3 N–H and O–H groups in total. The largest absolute Gasteiger partial charge is 0.444 e. The molecule has 0 bridgehead atoms. The van der Waals surface area contributed by atoms with Crippen molar-refractivity contribution in [3.05, 3.63) is 23.6 Å². The summed E-state index contributed by atoms with van der Waals surface area (Å²) in [5, 5.41) is 22.1. The molecule has 0 radical (unpaired) electrons. The number of nitrogens with zero attached hydrogens (tertiary/aromatic N) is 4. The van der Waals surface area contributed by atoms with Gasteiger partial charge in [0, 0.05) is 5.92 Å². The monoisotopic (exact) mass is 395 g/mol. The molecule has 3 unspecified atom stereocenters. The minimum absolute atomic E-state index is 0.0219. The zero-order valence-electron chi connectivity index (χ0n) is 15.3. The number of rotatable bonds is 3. The Bertz CT molecular complexity index is 891. The molecule has 3 rings (SSSR count). The van der Waals surface area contributed by atoms with Crippen molar-refractivity contribution in [2.24, 2.45) is 5.92 Å². The number of nitrogens with one attached hydrogen (secondary N) is 1. The van der Waals surface area contributed by atoms with Crippen LogP contribution in [0.1, 0.15) is 33.2 Å². The minimum atomic E-state index is -0.707. The number of imidazole rings is 1. The summed E-state index contributed by atoms with van der Waals surface area (Å²) >= 11 is 6.19. The maximum absolute atomic E-state index is 12.0. The van der Waals surface area contributed by atoms with E-state index in [1.165, 1.54) is 6.33 Å². The van der Waals surface area contributed by atoms with Gasteiger partial charge in [-0.2, -0.15) is 9.97 Å². The Hall–Kier alpha value is -2.23. The van der Waals surface area contributed by atoms with Gasteiger partial charge in [-0.25, -0.2) is 9.78 Å². The maximum atomic E-state index is 12.0. The molecule has 2 aromatic heterocycles. The molecule has 1 saturated carbocycles. The third-order valence-corrected chi connectivity index (χ3v) is 4.62. The van der Waals surface area contributed by atoms with Crippen LogP contribution in [0.3, 0.4) is 0 Å². The summed E-state index contributed by atoms with van der Waals surface area (Å²) in [6.45, 7) is 9.04. The number of hydrogen-bond donors (Lipinski definition) is 3. The highest BCUT2D eigenvalue weighted by Crippen LogP contribution is 2.40. The van der Waals surface area contributed by atoms with Crippen molar-refractivity contribution in [1.29, 1.82) is 0 Å². The van der Waals surface area contributed by atoms with Gasteiger partial charge in [-0.05, 0) is 32.8 Å². The van der Waals surface area contributed by atoms with Crippen molar-refractivity contribution in [2.45, 2.75) is 44.9 Å². The Balaban J connectivity index is 1.94. The predicted octanol–water partition coefficient (Wildman–Crippen LogP) is 2.30. The number of amides is 1. The van der Waals surface area contributed by atoms with E-state index < -0.39 is 23.7 Å². The van der Waals surface area contributed by atoms with E-state index in [1.54, 1.807) is 25.3 Å². The third kappa shape index (κ3) is 3.90. The summed E-state index contributed by atoms with van der Waals surface area (Å²) in [5.74, 6) is -0.435. The molecular formula is C17H22ClN5O4. The molecular weight excluding hydrogens is 374 g/mol. The van der Waals surface area contributed by atoms with Gasteiger partial charge in [0.2, 0.25) is 5.95 Å². The predicted molar refractivity (Wildman–Crippen MR) is 99.6 cm³/mol. The van der Waals surface area contributed by atoms with E-state index in [0.717, 1.165) is 0 Å². The van der Waals surface area contributed by atoms with E-state index in [4.69, 9.17) is 16.3 Å². The lowest BCUT2D eigenvalue weighted by Gasteiger charge is -2.19. The summed E-state index contributed by atoms with van der Waals surface area (Å²) < 4.78 is 6.91. The molecule has 1 fully saturated rings. The number of carbonyl (C=O) groups excluding carboxylic acids is 1. The number of hydrogen-bond acceptors (Lipinski definition) is 7. The topological polar surface area (TPSA) is 122 Å². The molecule has 0 saturated heterocycles. The highest BCUT2D eigenvalue weighted by molar-refractivity contribution is 6.33. The lowest BCUT2D eigenvalue weighted by atomic mass is 10.0. The summed E-state index contributed by atoms with van der Waals surface area (Å²) in [4.78, 5) is 24.6. The molecule has 2 aromatic rings. The third-order valence-electron chi connectivity index (χ3n) is 4.36. The molecule has 9 nitrogen and oxygen atoms in total. The quantitative estimate of drug-likeness (QED) is 0.538. The number of aromatic nitrogens is 4. The Morgan fingerprint density at radius 3 is 2.78 bits per heavy atom. The van der Waals surface area contributed by atoms with Gasteiger partial charge in [0.05, 0.1) is 25.1 Å². The summed E-state index contributed by atoms with van der Waals surface area (Å²) in [6, 6.07) is -0.303. The van der Waals surface area contributed by atoms with Gasteiger partial charge in [0.25, 0.3) is 0 Å². The van der Waals surface area contributed by atoms with Gasteiger partial charge >= 0.3 is 6.09 Å². The standard InChI is InChI=1S/C17H22ClN5O4/c1-8-9(6-24)11(25)5-10(8)23-7-19-12-13(18)20-15(21-14(12)23)22-16(26)27-17(2,3)4/h7,9-11,24-25H,1,5-6H2,2-4H3,(H,20,21,22,26). The molecule has 2 heterocycles. The Kier molecular flexibility index (Phi) is 5.11. The lowest BCUT2D eigenvalue weighted by Crippen LogP contribution is -2.27. The maximum Gasteiger partial charge on any atom is 0.414 e. The van der Waals surface area contributed by atoms with Crippen LogP contribution in [0.2, 0.25) is 5.15 Å². The van der Waals surface area contributed by atoms with Crippen molar-refractivity contribution < 1.29 is 19.7 Å². The van der Waals surface area contributed by atoms with E-state index in [9.17, 15) is 15.0 Å². The van der Waals surface area contributed by atoms with Crippen LogP contribution in [-0.2, 0) is 4.74 Å². The Morgan fingerprint density at radius 2 is 2.19 bits per heavy atom. The number of fused-ring (bicyclic) bond motifs is 1. The Labute approximate surface area is 161 Å². The number of carbonyl (C=O) groups is 1. The first-order valence-electron chi connectivity index (χ1n) is 8.48. The van der Waals surface area contributed by atoms with Crippen LogP contribution >= 0.6 is 11.6 Å². The number of aliphatic hydroxyl groups is 2. The molecule has 1 amide bonds. The van der Waals surface area contributed by atoms with Crippen molar-refractivity contribution in [3.63, 3.8) is 0 Å². The average molecular weight is 396 g/mol. The smallest absolute Gasteiger partial charge is 0.414 e. The van der Waals surface area contributed by atoms with Crippen LogP contribution in [0, 0.1) is 5.92 Å². The molecule has 10 heteroatoms. The average Bonchev–Trinajstić information content (AvgIpc) is 3.06. The second-order valence-electron chi connectivity index (χ2n) is 7.47. The first kappa shape index (κ1) is 19.5. The van der Waals surface area contributed by atoms with E-state index in [-0.39, 0.29) is 23.8 Å². The van der Waals surface area contributed by atoms with Gasteiger partial charge in [-0.15, -0.1) is 0 Å². The van der Waals surface area contributed by atoms with Crippen molar-refractivity contribution in [1.82, 2.24) is 19.5 Å². The van der Waals surface area contributed by atoms with Gasteiger partial charge in [-0.1, -0.05) is 18.2 Å². The van der Waals surface area contributed by atoms with E-state index in [2.05, 4.69) is 26.8 Å². The zero-order chi connectivity index (χ0) is 19.9. The summed E-state index contributed by atoms with van der Waals surface area (Å²) in [6.07, 6.45) is 0.489. The van der Waals surface area contributed by atoms with Crippen LogP contribution in [0.25, 0.3) is 11.2 Å². The molecule has 146 valence electrons. The van der Waals surface area contributed by atoms with Crippen LogP contribution in [0.15, 0.2) is 18.5 Å². The first-order valence-corrected chi connectivity index (χ1v) is 8.86. The number of aliphatic hydroxyl groups excluding tert-OH is 2. The molecule has 0 aliphatic heterocycles. The molecule has 1 aliphatic rings. The minimum Gasteiger partial charge on any atom is -0.444 e. The summed E-state index contributed by atoms with van der Waals surface area (Å²) in [7, 11) is 0. The van der Waals surface area contributed by atoms with Gasteiger partial charge in [0.15, 0.2) is 10.8 Å². The zero-order valence-corrected chi connectivity index (χ0v) is 16.1. The van der Waals surface area contributed by atoms with Gasteiger partial charge in [0.1, 0.15) is 11.1 Å². The highest BCUT2D eigenvalue weighted by Gasteiger charge is 2.38. The number of ether oxygens (including phenoxy) is 1. The fourth-order valence-electron chi connectivity index (χ4n) is 3.13. The fraction of sp³-hybridized carbons (Fsp3) is 0.529. The summed E-state index contributed by atoms with van der Waals surface area (Å²) in [5.41, 5.74) is 0.761. The van der Waals surface area contributed by atoms with Crippen LogP contribution in [-0.4, -0.2) is 54.1 Å². The van der Waals surface area contributed by atoms with E-state index in [0.29, 0.717) is 23.2 Å². The van der Waals surface area contributed by atoms with Gasteiger partial charge < -0.3 is 19.5 Å². The lowest BCUT2D eigenvalue weighted by molar-refractivity contribution is 0.0634. The molecule has 0 aromatic carbocycles. The second kappa shape index (κ2) is 7.06. The molecule has 27 heavy (non-hydrogen) atoms. The highest BCUT2D eigenvalue weighted by atomic mass is 35.5. The van der Waals surface area contributed by atoms with Crippen LogP contribution < -0.4 is 5.32 Å². The van der Waals surface area contributed by atoms with Crippen LogP contribution in [0.5, 0.6) is 0 Å². The SMILES string of the molecule is C=C1C(CO)C(O)CC1n1cnc2c(Cl)nc(NC(=O)OC(C)(C)C)nc21. The van der Waals surface area contributed by atoms with Gasteiger partial charge in [-0.3, -0.25) is 5.32 Å². The van der Waals surface area contributed by atoms with Crippen LogP contribution in [0.4, 0.5) is 10.7 Å². The van der Waals surface area contributed by atoms with E-state index >= 15 is 0 Å². The Morgan fingerprint density at radius 1 is 1.48 bits per heavy atom. The second-order valence-corrected chi connectivity index (χ2v) is 7.83. The molecule has 1 aliphatic carbocycles. The number of halogens is 1. The van der Waals surface area contributed by atoms with Crippen molar-refractivity contribution in [3.8, 4) is 0 Å². The van der Waals surface area contributed by atoms with Crippen molar-refractivity contribution >= 4 is 34.8 Å². The molecule has 0 spiro atoms. The van der Waals surface area contributed by atoms with E-state index in [1.807, 2.05) is 0 Å². The number of anilines is 1. The normalized spacial score (nSPS) is 23.0. The molecule has 3 atom stereocenters. The van der Waals surface area contributed by atoms with Crippen molar-refractivity contribution in [2.75, 3.05) is 11.9 Å².